The van der Waals surface area contributed by atoms with Crippen molar-refractivity contribution in [2.24, 2.45) is 11.0 Å². The minimum absolute atomic E-state index is 0.0315. The maximum atomic E-state index is 13.0. The van der Waals surface area contributed by atoms with E-state index in [1.807, 2.05) is 0 Å². The summed E-state index contributed by atoms with van der Waals surface area (Å²) in [6.45, 7) is 0.391. The first-order valence-corrected chi connectivity index (χ1v) is 10.2. The van der Waals surface area contributed by atoms with E-state index in [2.05, 4.69) is 10.5 Å². The molecule has 2 N–H and O–H groups in total. The van der Waals surface area contributed by atoms with Crippen molar-refractivity contribution >= 4 is 22.1 Å². The van der Waals surface area contributed by atoms with Crippen LogP contribution in [0.2, 0.25) is 0 Å². The highest BCUT2D eigenvalue weighted by molar-refractivity contribution is 7.89. The van der Waals surface area contributed by atoms with E-state index in [0.717, 1.165) is 12.1 Å². The lowest BCUT2D eigenvalue weighted by Crippen LogP contribution is -2.42. The zero-order valence-electron chi connectivity index (χ0n) is 15.0. The number of carbonyl (C=O) groups is 1. The number of hydrogen-bond acceptors (Lipinski definition) is 5. The molecule has 0 atom stereocenters. The number of benzene rings is 2. The molecule has 0 spiro atoms. The molecule has 1 saturated heterocycles. The number of nitrogens with one attached hydrogen (secondary N) is 1. The first kappa shape index (κ1) is 20.0. The molecule has 0 aromatic heterocycles. The maximum Gasteiger partial charge on any atom is 0.243 e. The molecule has 3 rings (SSSR count). The van der Waals surface area contributed by atoms with Gasteiger partial charge < -0.3 is 5.11 Å². The molecular weight excluding hydrogens is 385 g/mol. The van der Waals surface area contributed by atoms with Crippen LogP contribution in [0.3, 0.4) is 0 Å². The van der Waals surface area contributed by atoms with E-state index >= 15 is 0 Å². The molecule has 28 heavy (non-hydrogen) atoms. The topological polar surface area (TPSA) is 99.1 Å². The Hall–Kier alpha value is -2.78. The third-order valence-electron chi connectivity index (χ3n) is 4.59. The van der Waals surface area contributed by atoms with Gasteiger partial charge in [0.15, 0.2) is 0 Å². The first-order chi connectivity index (χ1) is 13.4. The first-order valence-electron chi connectivity index (χ1n) is 8.74. The summed E-state index contributed by atoms with van der Waals surface area (Å²) >= 11 is 0. The van der Waals surface area contributed by atoms with Crippen molar-refractivity contribution in [3.05, 3.63) is 59.9 Å². The largest absolute Gasteiger partial charge is 0.507 e. The van der Waals surface area contributed by atoms with Gasteiger partial charge >= 0.3 is 0 Å². The van der Waals surface area contributed by atoms with Gasteiger partial charge in [-0.25, -0.2) is 18.2 Å². The Morgan fingerprint density at radius 1 is 1.14 bits per heavy atom. The summed E-state index contributed by atoms with van der Waals surface area (Å²) in [6, 6.07) is 11.3. The lowest BCUT2D eigenvalue weighted by atomic mass is 9.98. The quantitative estimate of drug-likeness (QED) is 0.588. The van der Waals surface area contributed by atoms with Crippen LogP contribution in [0.4, 0.5) is 4.39 Å². The number of nitrogens with zero attached hydrogens (tertiary/aromatic N) is 2. The maximum absolute atomic E-state index is 13.0. The molecule has 1 fully saturated rings. The Kier molecular flexibility index (Phi) is 6.05. The van der Waals surface area contributed by atoms with Gasteiger partial charge in [-0.2, -0.15) is 9.41 Å². The Morgan fingerprint density at radius 2 is 1.79 bits per heavy atom. The van der Waals surface area contributed by atoms with E-state index in [9.17, 15) is 22.7 Å². The van der Waals surface area contributed by atoms with Crippen molar-refractivity contribution in [1.82, 2.24) is 9.73 Å². The zero-order valence-corrected chi connectivity index (χ0v) is 15.8. The molecule has 2 aromatic rings. The molecule has 0 aliphatic carbocycles. The number of carbonyl (C=O) groups excluding carboxylic acids is 1. The number of rotatable bonds is 5. The number of hydrogen-bond donors (Lipinski definition) is 2. The van der Waals surface area contributed by atoms with Gasteiger partial charge in [-0.1, -0.05) is 12.1 Å². The van der Waals surface area contributed by atoms with E-state index in [1.54, 1.807) is 18.2 Å². The van der Waals surface area contributed by atoms with Gasteiger partial charge in [-0.15, -0.1) is 0 Å². The second-order valence-electron chi connectivity index (χ2n) is 6.43. The van der Waals surface area contributed by atoms with Gasteiger partial charge in [0.05, 0.1) is 11.1 Å². The number of phenols is 1. The summed E-state index contributed by atoms with van der Waals surface area (Å²) in [5.41, 5.74) is 2.90. The highest BCUT2D eigenvalue weighted by Gasteiger charge is 2.32. The number of phenolic OH excluding ortho intramolecular Hbond substituents is 1. The SMILES string of the molecule is O=C(N/N=C\c1ccccc1O)C1CCN(S(=O)(=O)c2ccc(F)cc2)CC1. The number of sulfonamides is 1. The van der Waals surface area contributed by atoms with E-state index < -0.39 is 15.8 Å². The van der Waals surface area contributed by atoms with Crippen molar-refractivity contribution in [1.29, 1.82) is 0 Å². The molecule has 7 nitrogen and oxygen atoms in total. The van der Waals surface area contributed by atoms with Gasteiger partial charge in [-0.3, -0.25) is 4.79 Å². The van der Waals surface area contributed by atoms with Gasteiger partial charge in [-0.05, 0) is 49.2 Å². The van der Waals surface area contributed by atoms with E-state index in [0.29, 0.717) is 18.4 Å². The van der Waals surface area contributed by atoms with Crippen molar-refractivity contribution in [3.63, 3.8) is 0 Å². The molecule has 1 aliphatic rings. The average Bonchev–Trinajstić information content (AvgIpc) is 2.70. The van der Waals surface area contributed by atoms with Crippen LogP contribution in [0.15, 0.2) is 58.5 Å². The minimum atomic E-state index is -3.71. The van der Waals surface area contributed by atoms with Crippen LogP contribution in [0, 0.1) is 11.7 Å². The van der Waals surface area contributed by atoms with Crippen LogP contribution >= 0.6 is 0 Å². The standard InChI is InChI=1S/C19H20FN3O4S/c20-16-5-7-17(8-6-16)28(26,27)23-11-9-14(10-12-23)19(25)22-21-13-15-3-1-2-4-18(15)24/h1-8,13-14,24H,9-12H2,(H,22,25)/b21-13-. The van der Waals surface area contributed by atoms with Crippen molar-refractivity contribution in [2.75, 3.05) is 13.1 Å². The second kappa shape index (κ2) is 8.49. The van der Waals surface area contributed by atoms with Gasteiger partial charge in [0.25, 0.3) is 0 Å². The Morgan fingerprint density at radius 3 is 2.43 bits per heavy atom. The summed E-state index contributed by atoms with van der Waals surface area (Å²) < 4.78 is 39.5. The predicted octanol–water partition coefficient (Wildman–Crippen LogP) is 2.08. The lowest BCUT2D eigenvalue weighted by Gasteiger charge is -2.30. The molecule has 2 aromatic carbocycles. The van der Waals surface area contributed by atoms with Gasteiger partial charge in [0.1, 0.15) is 11.6 Å². The Balaban J connectivity index is 1.55. The summed E-state index contributed by atoms with van der Waals surface area (Å²) in [7, 11) is -3.71. The van der Waals surface area contributed by atoms with Gasteiger partial charge in [0.2, 0.25) is 15.9 Å². The summed E-state index contributed by atoms with van der Waals surface area (Å²) in [5, 5.41) is 13.5. The number of halogens is 1. The number of para-hydroxylation sites is 1. The molecule has 0 radical (unpaired) electrons. The second-order valence-corrected chi connectivity index (χ2v) is 8.36. The van der Waals surface area contributed by atoms with Crippen LogP contribution in [0.5, 0.6) is 5.75 Å². The normalized spacial score (nSPS) is 16.3. The van der Waals surface area contributed by atoms with E-state index in [1.165, 1.54) is 28.7 Å². The summed E-state index contributed by atoms with van der Waals surface area (Å²) in [5.74, 6) is -1.11. The molecule has 1 amide bonds. The van der Waals surface area contributed by atoms with Crippen LogP contribution in [-0.2, 0) is 14.8 Å². The van der Waals surface area contributed by atoms with Crippen LogP contribution in [0.1, 0.15) is 18.4 Å². The number of hydrazone groups is 1. The minimum Gasteiger partial charge on any atom is -0.507 e. The third kappa shape index (κ3) is 4.55. The van der Waals surface area contributed by atoms with Crippen molar-refractivity contribution < 1.29 is 22.7 Å². The highest BCUT2D eigenvalue weighted by atomic mass is 32.2. The summed E-state index contributed by atoms with van der Waals surface area (Å²) in [6.07, 6.45) is 2.07. The molecule has 9 heteroatoms. The fourth-order valence-electron chi connectivity index (χ4n) is 2.97. The van der Waals surface area contributed by atoms with E-state index in [-0.39, 0.29) is 35.6 Å². The third-order valence-corrected chi connectivity index (χ3v) is 6.50. The van der Waals surface area contributed by atoms with Crippen LogP contribution < -0.4 is 5.43 Å². The zero-order chi connectivity index (χ0) is 20.1. The molecule has 1 heterocycles. The lowest BCUT2D eigenvalue weighted by molar-refractivity contribution is -0.126. The molecule has 0 saturated carbocycles. The predicted molar refractivity (Wildman–Crippen MR) is 102 cm³/mol. The summed E-state index contributed by atoms with van der Waals surface area (Å²) in [4.78, 5) is 12.3. The average molecular weight is 405 g/mol. The number of aromatic hydroxyl groups is 1. The highest BCUT2D eigenvalue weighted by Crippen LogP contribution is 2.24. The molecular formula is C19H20FN3O4S. The monoisotopic (exact) mass is 405 g/mol. The van der Waals surface area contributed by atoms with Crippen LogP contribution in [0.25, 0.3) is 0 Å². The number of amides is 1. The fourth-order valence-corrected chi connectivity index (χ4v) is 4.44. The van der Waals surface area contributed by atoms with Crippen molar-refractivity contribution in [3.8, 4) is 5.75 Å². The molecule has 0 unspecified atom stereocenters. The Bertz CT molecular complexity index is 969. The Labute approximate surface area is 162 Å². The van der Waals surface area contributed by atoms with Crippen LogP contribution in [-0.4, -0.2) is 43.0 Å². The van der Waals surface area contributed by atoms with E-state index in [4.69, 9.17) is 0 Å². The molecule has 148 valence electrons. The molecule has 1 aliphatic heterocycles. The van der Waals surface area contributed by atoms with Gasteiger partial charge in [0, 0.05) is 24.6 Å². The number of piperidine rings is 1. The molecule has 0 bridgehead atoms. The van der Waals surface area contributed by atoms with Crippen molar-refractivity contribution in [2.45, 2.75) is 17.7 Å². The smallest absolute Gasteiger partial charge is 0.243 e. The fraction of sp³-hybridized carbons (Fsp3) is 0.263.